The summed E-state index contributed by atoms with van der Waals surface area (Å²) < 4.78 is 49.8. The summed E-state index contributed by atoms with van der Waals surface area (Å²) in [4.78, 5) is 0. The van der Waals surface area contributed by atoms with Gasteiger partial charge in [-0.3, -0.25) is 0 Å². The van der Waals surface area contributed by atoms with E-state index in [1.807, 2.05) is 0 Å². The number of hydrogen-bond donors (Lipinski definition) is 0. The fraction of sp³-hybridized carbons (Fsp3) is 0.520. The lowest BCUT2D eigenvalue weighted by atomic mass is 9.89. The maximum atomic E-state index is 14.8. The van der Waals surface area contributed by atoms with Gasteiger partial charge in [0.05, 0.1) is 12.7 Å². The van der Waals surface area contributed by atoms with E-state index in [9.17, 15) is 13.2 Å². The van der Waals surface area contributed by atoms with Gasteiger partial charge in [-0.1, -0.05) is 57.4 Å². The Hall–Kier alpha value is -1.81. The van der Waals surface area contributed by atoms with Crippen LogP contribution in [0.1, 0.15) is 75.8 Å². The molecule has 0 saturated carbocycles. The number of aryl methyl sites for hydroxylation is 1. The molecule has 2 aromatic rings. The first-order valence-electron chi connectivity index (χ1n) is 10.9. The van der Waals surface area contributed by atoms with Gasteiger partial charge in [0, 0.05) is 11.5 Å². The quantitative estimate of drug-likeness (QED) is 0.412. The van der Waals surface area contributed by atoms with Crippen molar-refractivity contribution in [1.29, 1.82) is 0 Å². The van der Waals surface area contributed by atoms with E-state index in [0.717, 1.165) is 44.9 Å². The van der Waals surface area contributed by atoms with Gasteiger partial charge in [0.15, 0.2) is 11.6 Å². The van der Waals surface area contributed by atoms with Crippen LogP contribution >= 0.6 is 0 Å². The molecule has 2 atom stereocenters. The summed E-state index contributed by atoms with van der Waals surface area (Å²) in [5.41, 5.74) is 1.46. The van der Waals surface area contributed by atoms with Gasteiger partial charge < -0.3 is 4.74 Å². The number of benzene rings is 2. The van der Waals surface area contributed by atoms with Crippen molar-refractivity contribution in [2.24, 2.45) is 0 Å². The van der Waals surface area contributed by atoms with Crippen LogP contribution in [-0.2, 0) is 11.2 Å². The molecular formula is C25H31F3O. The zero-order valence-electron chi connectivity index (χ0n) is 17.4. The van der Waals surface area contributed by atoms with Crippen LogP contribution in [0.15, 0.2) is 30.3 Å². The number of halogens is 3. The lowest BCUT2D eigenvalue weighted by Gasteiger charge is -2.29. The van der Waals surface area contributed by atoms with E-state index in [1.54, 1.807) is 24.3 Å². The Balaban J connectivity index is 1.76. The SMILES string of the molecule is CCCCCc1ccc(-c2ccc(C3CCC(CCC)OC3)c(F)c2)c(F)c1F. The van der Waals surface area contributed by atoms with Gasteiger partial charge in [0.2, 0.25) is 0 Å². The van der Waals surface area contributed by atoms with Crippen molar-refractivity contribution in [3.63, 3.8) is 0 Å². The van der Waals surface area contributed by atoms with Crippen LogP contribution in [0.25, 0.3) is 11.1 Å². The molecule has 0 aliphatic carbocycles. The molecule has 1 nitrogen and oxygen atoms in total. The van der Waals surface area contributed by atoms with Crippen LogP contribution in [0, 0.1) is 17.5 Å². The summed E-state index contributed by atoms with van der Waals surface area (Å²) in [5.74, 6) is -2.07. The third kappa shape index (κ3) is 5.22. The average molecular weight is 405 g/mol. The van der Waals surface area contributed by atoms with Crippen LogP contribution in [0.4, 0.5) is 13.2 Å². The summed E-state index contributed by atoms with van der Waals surface area (Å²) in [6, 6.07) is 7.89. The molecule has 0 aromatic heterocycles. The number of rotatable bonds is 8. The van der Waals surface area contributed by atoms with Crippen LogP contribution in [0.2, 0.25) is 0 Å². The second-order valence-corrected chi connectivity index (χ2v) is 8.11. The smallest absolute Gasteiger partial charge is 0.166 e. The summed E-state index contributed by atoms with van der Waals surface area (Å²) in [6.45, 7) is 4.71. The number of unbranched alkanes of at least 4 members (excludes halogenated alkanes) is 2. The fourth-order valence-corrected chi connectivity index (χ4v) is 4.20. The van der Waals surface area contributed by atoms with Crippen LogP contribution in [-0.4, -0.2) is 12.7 Å². The topological polar surface area (TPSA) is 9.23 Å². The van der Waals surface area contributed by atoms with E-state index in [-0.39, 0.29) is 23.4 Å². The first-order chi connectivity index (χ1) is 14.0. The standard InChI is InChI=1S/C25H31F3O/c1-3-5-6-8-17-10-14-22(25(28)24(17)27)18-11-13-21(23(26)15-18)19-9-12-20(7-4-2)29-16-19/h10-11,13-15,19-20H,3-9,12,16H2,1-2H3. The average Bonchev–Trinajstić information content (AvgIpc) is 2.72. The van der Waals surface area contributed by atoms with Crippen molar-refractivity contribution in [3.05, 3.63) is 58.9 Å². The van der Waals surface area contributed by atoms with Crippen molar-refractivity contribution < 1.29 is 17.9 Å². The van der Waals surface area contributed by atoms with Gasteiger partial charge in [-0.2, -0.15) is 0 Å². The Labute approximate surface area is 172 Å². The molecule has 1 heterocycles. The van der Waals surface area contributed by atoms with Gasteiger partial charge in [0.25, 0.3) is 0 Å². The van der Waals surface area contributed by atoms with Crippen LogP contribution in [0.3, 0.4) is 0 Å². The zero-order chi connectivity index (χ0) is 20.8. The Morgan fingerprint density at radius 2 is 1.76 bits per heavy atom. The van der Waals surface area contributed by atoms with E-state index in [4.69, 9.17) is 4.74 Å². The predicted octanol–water partition coefficient (Wildman–Crippen LogP) is 7.57. The minimum absolute atomic E-state index is 0.0136. The van der Waals surface area contributed by atoms with E-state index >= 15 is 0 Å². The van der Waals surface area contributed by atoms with Gasteiger partial charge in [-0.25, -0.2) is 13.2 Å². The first-order valence-corrected chi connectivity index (χ1v) is 10.9. The maximum Gasteiger partial charge on any atom is 0.166 e. The molecule has 3 rings (SSSR count). The molecule has 158 valence electrons. The third-order valence-corrected chi connectivity index (χ3v) is 5.94. The van der Waals surface area contributed by atoms with Crippen molar-refractivity contribution in [2.75, 3.05) is 6.61 Å². The largest absolute Gasteiger partial charge is 0.378 e. The molecular weight excluding hydrogens is 373 g/mol. The fourth-order valence-electron chi connectivity index (χ4n) is 4.20. The normalized spacial score (nSPS) is 19.5. The van der Waals surface area contributed by atoms with E-state index in [0.29, 0.717) is 29.7 Å². The molecule has 0 radical (unpaired) electrons. The minimum Gasteiger partial charge on any atom is -0.378 e. The first kappa shape index (κ1) is 21.9. The van der Waals surface area contributed by atoms with E-state index < -0.39 is 11.6 Å². The van der Waals surface area contributed by atoms with Crippen LogP contribution < -0.4 is 0 Å². The summed E-state index contributed by atoms with van der Waals surface area (Å²) in [5, 5.41) is 0. The minimum atomic E-state index is -0.894. The highest BCUT2D eigenvalue weighted by atomic mass is 19.2. The molecule has 0 N–H and O–H groups in total. The van der Waals surface area contributed by atoms with Crippen molar-refractivity contribution in [3.8, 4) is 11.1 Å². The molecule has 1 saturated heterocycles. The lowest BCUT2D eigenvalue weighted by Crippen LogP contribution is -2.25. The second-order valence-electron chi connectivity index (χ2n) is 8.11. The van der Waals surface area contributed by atoms with Crippen molar-refractivity contribution >= 4 is 0 Å². The van der Waals surface area contributed by atoms with Gasteiger partial charge in [0.1, 0.15) is 5.82 Å². The second kappa shape index (κ2) is 10.3. The van der Waals surface area contributed by atoms with Crippen molar-refractivity contribution in [1.82, 2.24) is 0 Å². The van der Waals surface area contributed by atoms with E-state index in [1.165, 1.54) is 6.07 Å². The molecule has 4 heteroatoms. The molecule has 29 heavy (non-hydrogen) atoms. The zero-order valence-corrected chi connectivity index (χ0v) is 17.4. The molecule has 2 aromatic carbocycles. The molecule has 0 bridgehead atoms. The Morgan fingerprint density at radius 1 is 0.931 bits per heavy atom. The predicted molar refractivity (Wildman–Crippen MR) is 112 cm³/mol. The van der Waals surface area contributed by atoms with Crippen LogP contribution in [0.5, 0.6) is 0 Å². The van der Waals surface area contributed by atoms with Gasteiger partial charge >= 0.3 is 0 Å². The Bertz CT molecular complexity index is 810. The van der Waals surface area contributed by atoms with E-state index in [2.05, 4.69) is 13.8 Å². The lowest BCUT2D eigenvalue weighted by molar-refractivity contribution is -0.00172. The Kier molecular flexibility index (Phi) is 7.77. The molecule has 0 amide bonds. The maximum absolute atomic E-state index is 14.8. The highest BCUT2D eigenvalue weighted by Gasteiger charge is 2.25. The highest BCUT2D eigenvalue weighted by Crippen LogP contribution is 2.34. The number of hydrogen-bond acceptors (Lipinski definition) is 1. The molecule has 2 unspecified atom stereocenters. The number of ether oxygens (including phenoxy) is 1. The summed E-state index contributed by atoms with van der Waals surface area (Å²) in [6.07, 6.45) is 7.56. The molecule has 1 fully saturated rings. The monoisotopic (exact) mass is 404 g/mol. The Morgan fingerprint density at radius 3 is 2.41 bits per heavy atom. The van der Waals surface area contributed by atoms with Gasteiger partial charge in [-0.15, -0.1) is 0 Å². The molecule has 1 aliphatic heterocycles. The molecule has 0 spiro atoms. The summed E-state index contributed by atoms with van der Waals surface area (Å²) >= 11 is 0. The summed E-state index contributed by atoms with van der Waals surface area (Å²) in [7, 11) is 0. The van der Waals surface area contributed by atoms with Crippen molar-refractivity contribution in [2.45, 2.75) is 77.2 Å². The molecule has 1 aliphatic rings. The third-order valence-electron chi connectivity index (χ3n) is 5.94. The highest BCUT2D eigenvalue weighted by molar-refractivity contribution is 5.65. The van der Waals surface area contributed by atoms with Gasteiger partial charge in [-0.05, 0) is 54.9 Å².